The summed E-state index contributed by atoms with van der Waals surface area (Å²) >= 11 is 0. The molecule has 1 heterocycles. The van der Waals surface area contributed by atoms with Crippen LogP contribution in [0.15, 0.2) is 9.52 Å². The summed E-state index contributed by atoms with van der Waals surface area (Å²) in [5, 5.41) is 3.55. The summed E-state index contributed by atoms with van der Waals surface area (Å²) in [7, 11) is -1.90. The topological polar surface area (TPSA) is 51.0 Å². The van der Waals surface area contributed by atoms with Gasteiger partial charge in [0, 0.05) is 5.41 Å². The minimum absolute atomic E-state index is 0.165. The Kier molecular flexibility index (Phi) is 1.68. The highest BCUT2D eigenvalue weighted by atomic mass is 32.2. The van der Waals surface area contributed by atoms with Gasteiger partial charge in [-0.3, -0.25) is 4.28 Å². The molecular weight excluding hydrogens is 152 g/mol. The highest BCUT2D eigenvalue weighted by molar-refractivity contribution is 7.70. The lowest BCUT2D eigenvalue weighted by atomic mass is 9.96. The molecule has 1 atom stereocenters. The molecule has 1 rings (SSSR count). The summed E-state index contributed by atoms with van der Waals surface area (Å²) < 4.78 is 18.7. The molecule has 0 aromatic rings. The van der Waals surface area contributed by atoms with Gasteiger partial charge in [0.1, 0.15) is 0 Å². The average Bonchev–Trinajstić information content (AvgIpc) is 2.11. The summed E-state index contributed by atoms with van der Waals surface area (Å²) in [6.45, 7) is 5.81. The SMILES string of the molecule is CC(C)(C)C1=NO[SH](=O)=N1. The molecule has 0 N–H and O–H groups in total. The zero-order chi connectivity index (χ0) is 7.78. The van der Waals surface area contributed by atoms with E-state index in [4.69, 9.17) is 0 Å². The first-order valence-corrected chi connectivity index (χ1v) is 4.08. The maximum atomic E-state index is 10.5. The van der Waals surface area contributed by atoms with E-state index in [-0.39, 0.29) is 5.41 Å². The third kappa shape index (κ3) is 1.47. The van der Waals surface area contributed by atoms with Crippen molar-refractivity contribution in [1.82, 2.24) is 0 Å². The van der Waals surface area contributed by atoms with Crippen molar-refractivity contribution in [3.8, 4) is 0 Å². The van der Waals surface area contributed by atoms with Crippen molar-refractivity contribution in [2.75, 3.05) is 0 Å². The molecule has 0 spiro atoms. The van der Waals surface area contributed by atoms with Crippen LogP contribution in [0.1, 0.15) is 20.8 Å². The molecule has 0 bridgehead atoms. The number of hydrogen-bond donors (Lipinski definition) is 1. The molecule has 5 heteroatoms. The summed E-state index contributed by atoms with van der Waals surface area (Å²) in [4.78, 5) is 0. The van der Waals surface area contributed by atoms with Crippen LogP contribution in [-0.4, -0.2) is 10.0 Å². The van der Waals surface area contributed by atoms with Crippen LogP contribution in [0.3, 0.4) is 0 Å². The lowest BCUT2D eigenvalue weighted by molar-refractivity contribution is 0.381. The Morgan fingerprint density at radius 2 is 2.10 bits per heavy atom. The Morgan fingerprint density at radius 3 is 2.30 bits per heavy atom. The summed E-state index contributed by atoms with van der Waals surface area (Å²) in [6.07, 6.45) is 0. The van der Waals surface area contributed by atoms with Crippen molar-refractivity contribution in [2.24, 2.45) is 14.9 Å². The largest absolute Gasteiger partial charge is 0.286 e. The van der Waals surface area contributed by atoms with E-state index in [0.29, 0.717) is 5.84 Å². The fourth-order valence-electron chi connectivity index (χ4n) is 0.474. The van der Waals surface area contributed by atoms with Gasteiger partial charge in [-0.25, -0.2) is 4.21 Å². The molecule has 0 aromatic heterocycles. The first kappa shape index (κ1) is 7.53. The fourth-order valence-corrected chi connectivity index (χ4v) is 1.15. The van der Waals surface area contributed by atoms with Gasteiger partial charge in [-0.2, -0.15) is 0 Å². The van der Waals surface area contributed by atoms with Crippen LogP contribution in [0.25, 0.3) is 0 Å². The van der Waals surface area contributed by atoms with Gasteiger partial charge in [-0.05, 0) is 0 Å². The summed E-state index contributed by atoms with van der Waals surface area (Å²) in [6, 6.07) is 0. The number of rotatable bonds is 0. The average molecular weight is 162 g/mol. The van der Waals surface area contributed by atoms with Gasteiger partial charge in [0.25, 0.3) is 0 Å². The van der Waals surface area contributed by atoms with Crippen LogP contribution >= 0.6 is 0 Å². The van der Waals surface area contributed by atoms with Gasteiger partial charge in [0.15, 0.2) is 5.84 Å². The van der Waals surface area contributed by atoms with Crippen LogP contribution in [0.4, 0.5) is 0 Å². The van der Waals surface area contributed by atoms with Crippen LogP contribution in [-0.2, 0) is 15.2 Å². The summed E-state index contributed by atoms with van der Waals surface area (Å²) in [5.41, 5.74) is -0.165. The maximum absolute atomic E-state index is 10.5. The van der Waals surface area contributed by atoms with Crippen LogP contribution in [0.2, 0.25) is 0 Å². The second-order valence-electron chi connectivity index (χ2n) is 3.08. The summed E-state index contributed by atoms with van der Waals surface area (Å²) in [5.74, 6) is 0.522. The molecule has 0 amide bonds. The Bertz CT molecular complexity index is 245. The van der Waals surface area contributed by atoms with Crippen molar-refractivity contribution in [1.29, 1.82) is 0 Å². The first-order chi connectivity index (χ1) is 4.50. The minimum Gasteiger partial charge on any atom is -0.286 e. The van der Waals surface area contributed by atoms with Crippen molar-refractivity contribution in [2.45, 2.75) is 20.8 Å². The number of nitrogens with zero attached hydrogens (tertiary/aromatic N) is 2. The van der Waals surface area contributed by atoms with Crippen LogP contribution in [0.5, 0.6) is 0 Å². The lowest BCUT2D eigenvalue weighted by Crippen LogP contribution is -2.16. The Hall–Kier alpha value is -0.580. The van der Waals surface area contributed by atoms with E-state index < -0.39 is 10.9 Å². The van der Waals surface area contributed by atoms with E-state index in [1.807, 2.05) is 20.8 Å². The van der Waals surface area contributed by atoms with Crippen LogP contribution < -0.4 is 0 Å². The fraction of sp³-hybridized carbons (Fsp3) is 0.800. The van der Waals surface area contributed by atoms with E-state index >= 15 is 0 Å². The Morgan fingerprint density at radius 1 is 1.50 bits per heavy atom. The molecule has 0 aromatic carbocycles. The second kappa shape index (κ2) is 2.23. The maximum Gasteiger partial charge on any atom is 0.225 e. The third-order valence-electron chi connectivity index (χ3n) is 1.04. The molecule has 1 aliphatic heterocycles. The van der Waals surface area contributed by atoms with E-state index in [1.165, 1.54) is 0 Å². The van der Waals surface area contributed by atoms with Gasteiger partial charge >= 0.3 is 0 Å². The molecule has 0 aliphatic carbocycles. The predicted molar refractivity (Wildman–Crippen MR) is 39.9 cm³/mol. The van der Waals surface area contributed by atoms with Crippen molar-refractivity contribution in [3.63, 3.8) is 0 Å². The molecule has 0 radical (unpaired) electrons. The molecule has 0 fully saturated rings. The van der Waals surface area contributed by atoms with Gasteiger partial charge in [0.05, 0.1) is 0 Å². The second-order valence-corrected chi connectivity index (χ2v) is 3.92. The molecule has 1 unspecified atom stereocenters. The Balaban J connectivity index is 2.87. The molecular formula is C5H10N2O2S. The van der Waals surface area contributed by atoms with Gasteiger partial charge < -0.3 is 0 Å². The normalized spacial score (nSPS) is 25.1. The third-order valence-corrected chi connectivity index (χ3v) is 1.62. The molecule has 1 aliphatic rings. The number of thiol groups is 1. The van der Waals surface area contributed by atoms with E-state index in [1.54, 1.807) is 0 Å². The van der Waals surface area contributed by atoms with E-state index in [2.05, 4.69) is 13.8 Å². The van der Waals surface area contributed by atoms with E-state index in [9.17, 15) is 4.21 Å². The highest BCUT2D eigenvalue weighted by Crippen LogP contribution is 2.19. The van der Waals surface area contributed by atoms with Gasteiger partial charge in [-0.15, -0.1) is 4.36 Å². The predicted octanol–water partition coefficient (Wildman–Crippen LogP) is 0.956. The molecule has 0 saturated heterocycles. The highest BCUT2D eigenvalue weighted by Gasteiger charge is 2.22. The first-order valence-electron chi connectivity index (χ1n) is 2.94. The molecule has 10 heavy (non-hydrogen) atoms. The standard InChI is InChI=1S/C5H10N2O2S/c1-5(2,3)4-6-9-10(8)7-4/h10H,1-3H3. The van der Waals surface area contributed by atoms with Crippen molar-refractivity contribution >= 4 is 16.7 Å². The number of amidine groups is 1. The quantitative estimate of drug-likeness (QED) is 0.539. The minimum atomic E-state index is -1.90. The number of hydrogen-bond acceptors (Lipinski definition) is 4. The van der Waals surface area contributed by atoms with E-state index in [0.717, 1.165) is 0 Å². The molecule has 0 saturated carbocycles. The zero-order valence-corrected chi connectivity index (χ0v) is 7.05. The number of oxime groups is 1. The van der Waals surface area contributed by atoms with Crippen LogP contribution in [0, 0.1) is 5.41 Å². The van der Waals surface area contributed by atoms with Gasteiger partial charge in [-0.1, -0.05) is 25.9 Å². The Labute approximate surface area is 61.7 Å². The van der Waals surface area contributed by atoms with Crippen molar-refractivity contribution in [3.05, 3.63) is 0 Å². The molecule has 58 valence electrons. The smallest absolute Gasteiger partial charge is 0.225 e. The molecule has 4 nitrogen and oxygen atoms in total. The lowest BCUT2D eigenvalue weighted by Gasteiger charge is -2.11. The zero-order valence-electron chi connectivity index (χ0n) is 6.16. The van der Waals surface area contributed by atoms with Crippen molar-refractivity contribution < 1.29 is 8.49 Å². The monoisotopic (exact) mass is 162 g/mol. The van der Waals surface area contributed by atoms with Gasteiger partial charge in [0.2, 0.25) is 10.9 Å².